The maximum Gasteiger partial charge on any atom is 0.315 e. The van der Waals surface area contributed by atoms with E-state index in [1.165, 1.54) is 19.3 Å². The molecule has 120 valence electrons. The van der Waals surface area contributed by atoms with Gasteiger partial charge in [-0.15, -0.1) is 0 Å². The van der Waals surface area contributed by atoms with Crippen LogP contribution in [0.4, 0.5) is 4.79 Å². The third-order valence-electron chi connectivity index (χ3n) is 4.35. The lowest BCUT2D eigenvalue weighted by Crippen LogP contribution is -2.43. The Hall–Kier alpha value is -1.91. The molecule has 0 bridgehead atoms. The Bertz CT molecular complexity index is 527. The average molecular weight is 304 g/mol. The monoisotopic (exact) mass is 304 g/mol. The van der Waals surface area contributed by atoms with Crippen molar-refractivity contribution in [2.24, 2.45) is 0 Å². The van der Waals surface area contributed by atoms with E-state index < -0.39 is 0 Å². The molecule has 1 aromatic carbocycles. The first-order chi connectivity index (χ1) is 10.7. The first kappa shape index (κ1) is 15.0. The molecule has 22 heavy (non-hydrogen) atoms. The Labute approximate surface area is 131 Å². The zero-order valence-corrected chi connectivity index (χ0v) is 13.1. The van der Waals surface area contributed by atoms with Crippen LogP contribution < -0.4 is 20.1 Å². The fourth-order valence-corrected chi connectivity index (χ4v) is 3.08. The highest BCUT2D eigenvalue weighted by atomic mass is 16.6. The van der Waals surface area contributed by atoms with E-state index in [9.17, 15) is 4.79 Å². The Morgan fingerprint density at radius 3 is 2.64 bits per heavy atom. The number of nitrogens with one attached hydrogen (secondary N) is 2. The summed E-state index contributed by atoms with van der Waals surface area (Å²) < 4.78 is 11.1. The molecule has 2 aliphatic rings. The van der Waals surface area contributed by atoms with E-state index in [1.807, 2.05) is 25.1 Å². The van der Waals surface area contributed by atoms with E-state index in [0.717, 1.165) is 29.9 Å². The molecule has 0 saturated heterocycles. The fraction of sp³-hybridized carbons (Fsp3) is 0.588. The highest BCUT2D eigenvalue weighted by Crippen LogP contribution is 2.32. The molecule has 0 unspecified atom stereocenters. The maximum atomic E-state index is 12.1. The van der Waals surface area contributed by atoms with Gasteiger partial charge >= 0.3 is 6.03 Å². The van der Waals surface area contributed by atoms with Crippen molar-refractivity contribution in [3.63, 3.8) is 0 Å². The molecule has 1 heterocycles. The molecule has 5 nitrogen and oxygen atoms in total. The number of carbonyl (C=O) groups excluding carboxylic acids is 1. The van der Waals surface area contributed by atoms with Gasteiger partial charge in [-0.25, -0.2) is 4.79 Å². The molecular formula is C17H24N2O3. The van der Waals surface area contributed by atoms with Crippen LogP contribution >= 0.6 is 0 Å². The standard InChI is InChI=1S/C17H24N2O3/c1-12(18-17(20)19-14-5-3-2-4-6-14)13-7-8-15-16(11-13)22-10-9-21-15/h7-8,11-12,14H,2-6,9-10H2,1H3,(H2,18,19,20)/t12-/m0/s1. The summed E-state index contributed by atoms with van der Waals surface area (Å²) in [5.41, 5.74) is 1.02. The van der Waals surface area contributed by atoms with Crippen LogP contribution in [0.2, 0.25) is 0 Å². The smallest absolute Gasteiger partial charge is 0.315 e. The maximum absolute atomic E-state index is 12.1. The van der Waals surface area contributed by atoms with Crippen LogP contribution in [0.25, 0.3) is 0 Å². The minimum Gasteiger partial charge on any atom is -0.486 e. The number of urea groups is 1. The Morgan fingerprint density at radius 1 is 1.14 bits per heavy atom. The molecule has 0 aromatic heterocycles. The summed E-state index contributed by atoms with van der Waals surface area (Å²) in [6, 6.07) is 5.98. The van der Waals surface area contributed by atoms with Gasteiger partial charge in [0.15, 0.2) is 11.5 Å². The Kier molecular flexibility index (Phi) is 4.71. The minimum atomic E-state index is -0.0886. The number of ether oxygens (including phenoxy) is 2. The molecule has 1 atom stereocenters. The molecule has 2 N–H and O–H groups in total. The van der Waals surface area contributed by atoms with Gasteiger partial charge in [-0.3, -0.25) is 0 Å². The summed E-state index contributed by atoms with van der Waals surface area (Å²) in [4.78, 5) is 12.1. The van der Waals surface area contributed by atoms with E-state index in [-0.39, 0.29) is 12.1 Å². The van der Waals surface area contributed by atoms with Crippen LogP contribution in [-0.2, 0) is 0 Å². The third-order valence-corrected chi connectivity index (χ3v) is 4.35. The van der Waals surface area contributed by atoms with Crippen molar-refractivity contribution in [1.29, 1.82) is 0 Å². The second-order valence-electron chi connectivity index (χ2n) is 6.08. The van der Waals surface area contributed by atoms with Gasteiger partial charge in [-0.2, -0.15) is 0 Å². The lowest BCUT2D eigenvalue weighted by molar-refractivity contribution is 0.171. The van der Waals surface area contributed by atoms with Gasteiger partial charge in [0.05, 0.1) is 6.04 Å². The van der Waals surface area contributed by atoms with E-state index in [0.29, 0.717) is 19.3 Å². The zero-order chi connectivity index (χ0) is 15.4. The SMILES string of the molecule is C[C@H](NC(=O)NC1CCCCC1)c1ccc2c(c1)OCCO2. The molecule has 2 amide bonds. The predicted octanol–water partition coefficient (Wildman–Crippen LogP) is 3.15. The van der Waals surface area contributed by atoms with Crippen LogP contribution in [0, 0.1) is 0 Å². The average Bonchev–Trinajstić information content (AvgIpc) is 2.55. The van der Waals surface area contributed by atoms with Crippen LogP contribution in [0.1, 0.15) is 50.6 Å². The van der Waals surface area contributed by atoms with E-state index >= 15 is 0 Å². The molecule has 0 spiro atoms. The van der Waals surface area contributed by atoms with Gasteiger partial charge in [-0.1, -0.05) is 25.3 Å². The van der Waals surface area contributed by atoms with E-state index in [2.05, 4.69) is 10.6 Å². The highest BCUT2D eigenvalue weighted by Gasteiger charge is 2.18. The van der Waals surface area contributed by atoms with Crippen molar-refractivity contribution in [3.8, 4) is 11.5 Å². The quantitative estimate of drug-likeness (QED) is 0.902. The van der Waals surface area contributed by atoms with Crippen LogP contribution in [0.15, 0.2) is 18.2 Å². The number of hydrogen-bond donors (Lipinski definition) is 2. The topological polar surface area (TPSA) is 59.6 Å². The van der Waals surface area contributed by atoms with Crippen molar-refractivity contribution in [3.05, 3.63) is 23.8 Å². The first-order valence-corrected chi connectivity index (χ1v) is 8.19. The Balaban J connectivity index is 1.56. The normalized spacial score (nSPS) is 19.3. The second-order valence-corrected chi connectivity index (χ2v) is 6.08. The molecule has 1 saturated carbocycles. The van der Waals surface area contributed by atoms with Crippen molar-refractivity contribution in [2.45, 2.75) is 51.1 Å². The first-order valence-electron chi connectivity index (χ1n) is 8.19. The van der Waals surface area contributed by atoms with Crippen molar-refractivity contribution >= 4 is 6.03 Å². The van der Waals surface area contributed by atoms with Crippen LogP contribution in [0.5, 0.6) is 11.5 Å². The molecular weight excluding hydrogens is 280 g/mol. The molecule has 0 radical (unpaired) electrons. The Morgan fingerprint density at radius 2 is 1.86 bits per heavy atom. The fourth-order valence-electron chi connectivity index (χ4n) is 3.08. The number of hydrogen-bond acceptors (Lipinski definition) is 3. The largest absolute Gasteiger partial charge is 0.486 e. The zero-order valence-electron chi connectivity index (χ0n) is 13.1. The minimum absolute atomic E-state index is 0.0700. The van der Waals surface area contributed by atoms with Crippen LogP contribution in [-0.4, -0.2) is 25.3 Å². The van der Waals surface area contributed by atoms with E-state index in [4.69, 9.17) is 9.47 Å². The lowest BCUT2D eigenvalue weighted by Gasteiger charge is -2.25. The van der Waals surface area contributed by atoms with Gasteiger partial charge in [-0.05, 0) is 37.5 Å². The van der Waals surface area contributed by atoms with Crippen molar-refractivity contribution in [1.82, 2.24) is 10.6 Å². The summed E-state index contributed by atoms with van der Waals surface area (Å²) in [5, 5.41) is 6.08. The summed E-state index contributed by atoms with van der Waals surface area (Å²) in [7, 11) is 0. The highest BCUT2D eigenvalue weighted by molar-refractivity contribution is 5.74. The molecule has 3 rings (SSSR count). The molecule has 5 heteroatoms. The molecule has 1 aliphatic carbocycles. The van der Waals surface area contributed by atoms with Gasteiger partial charge < -0.3 is 20.1 Å². The molecule has 1 aromatic rings. The second kappa shape index (κ2) is 6.90. The molecule has 1 fully saturated rings. The summed E-state index contributed by atoms with van der Waals surface area (Å²) in [6.07, 6.45) is 5.89. The number of benzene rings is 1. The van der Waals surface area contributed by atoms with Gasteiger partial charge in [0.1, 0.15) is 13.2 Å². The lowest BCUT2D eigenvalue weighted by atomic mass is 9.96. The number of amides is 2. The summed E-state index contributed by atoms with van der Waals surface area (Å²) >= 11 is 0. The van der Waals surface area contributed by atoms with Gasteiger partial charge in [0.25, 0.3) is 0 Å². The third kappa shape index (κ3) is 3.64. The number of rotatable bonds is 3. The predicted molar refractivity (Wildman–Crippen MR) is 84.4 cm³/mol. The molecule has 1 aliphatic heterocycles. The summed E-state index contributed by atoms with van der Waals surface area (Å²) in [6.45, 7) is 3.14. The van der Waals surface area contributed by atoms with Gasteiger partial charge in [0.2, 0.25) is 0 Å². The number of fused-ring (bicyclic) bond motifs is 1. The van der Waals surface area contributed by atoms with Crippen molar-refractivity contribution < 1.29 is 14.3 Å². The summed E-state index contributed by atoms with van der Waals surface area (Å²) in [5.74, 6) is 1.53. The van der Waals surface area contributed by atoms with Crippen molar-refractivity contribution in [2.75, 3.05) is 13.2 Å². The van der Waals surface area contributed by atoms with E-state index in [1.54, 1.807) is 0 Å². The number of carbonyl (C=O) groups is 1. The van der Waals surface area contributed by atoms with Gasteiger partial charge in [0, 0.05) is 6.04 Å². The van der Waals surface area contributed by atoms with Crippen LogP contribution in [0.3, 0.4) is 0 Å².